The molecule has 2 bridgehead atoms. The molecule has 4 fully saturated rings. The Hall–Kier alpha value is -3.94. The van der Waals surface area contributed by atoms with Gasteiger partial charge in [-0.3, -0.25) is 19.2 Å². The average Bonchev–Trinajstić information content (AvgIpc) is 3.60. The smallest absolute Gasteiger partial charge is 0.316 e. The van der Waals surface area contributed by atoms with Gasteiger partial charge in [0.2, 0.25) is 17.7 Å². The Balaban J connectivity index is 1.05. The fraction of sp³-hybridized carbons (Fsp3) is 0.400. The molecule has 3 amide bonds. The third-order valence-corrected chi connectivity index (χ3v) is 9.13. The third-order valence-electron chi connectivity index (χ3n) is 9.13. The third kappa shape index (κ3) is 3.35. The molecule has 8 rings (SSSR count). The van der Waals surface area contributed by atoms with Gasteiger partial charge in [-0.15, -0.1) is 0 Å². The zero-order chi connectivity index (χ0) is 26.3. The second-order valence-corrected chi connectivity index (χ2v) is 11.1. The number of rotatable bonds is 5. The zero-order valence-corrected chi connectivity index (χ0v) is 21.2. The van der Waals surface area contributed by atoms with Crippen LogP contribution in [-0.2, 0) is 19.2 Å². The normalized spacial score (nSPS) is 32.5. The lowest BCUT2D eigenvalue weighted by atomic mass is 9.63. The largest absolute Gasteiger partial charge is 0.497 e. The number of hydrogen-bond donors (Lipinski definition) is 0. The SMILES string of the molecule is COc1ccc(N2C[C@H](C(=O)Oc3ccc(N4C(=O)[C@@H]5[C@H]6C=C[C@@H]([C@@H]7C[C@@H]67)[C@@H]5C4=O)c(C)c3)CC2=O)cc1. The van der Waals surface area contributed by atoms with E-state index in [-0.39, 0.29) is 54.4 Å². The Labute approximate surface area is 220 Å². The van der Waals surface area contributed by atoms with Crippen LogP contribution < -0.4 is 19.3 Å². The van der Waals surface area contributed by atoms with Crippen molar-refractivity contribution in [1.82, 2.24) is 0 Å². The van der Waals surface area contributed by atoms with Crippen molar-refractivity contribution in [3.05, 3.63) is 60.2 Å². The lowest BCUT2D eigenvalue weighted by Gasteiger charge is -2.37. The molecular weight excluding hydrogens is 484 g/mol. The maximum atomic E-state index is 13.5. The van der Waals surface area contributed by atoms with Gasteiger partial charge in [0.15, 0.2) is 0 Å². The summed E-state index contributed by atoms with van der Waals surface area (Å²) in [7, 11) is 1.58. The number of ether oxygens (including phenoxy) is 2. The minimum atomic E-state index is -0.594. The molecule has 38 heavy (non-hydrogen) atoms. The lowest BCUT2D eigenvalue weighted by Crippen LogP contribution is -2.40. The molecule has 8 nitrogen and oxygen atoms in total. The van der Waals surface area contributed by atoms with E-state index < -0.39 is 11.9 Å². The highest BCUT2D eigenvalue weighted by Gasteiger charge is 2.67. The summed E-state index contributed by atoms with van der Waals surface area (Å²) in [5.74, 6) is 0.497. The first-order valence-electron chi connectivity index (χ1n) is 13.2. The fourth-order valence-corrected chi connectivity index (χ4v) is 7.21. The number of carbonyl (C=O) groups is 4. The van der Waals surface area contributed by atoms with E-state index in [1.165, 1.54) is 4.90 Å². The molecule has 0 unspecified atom stereocenters. The van der Waals surface area contributed by atoms with Crippen LogP contribution in [0.2, 0.25) is 0 Å². The molecule has 2 aromatic carbocycles. The van der Waals surface area contributed by atoms with E-state index in [2.05, 4.69) is 12.2 Å². The maximum absolute atomic E-state index is 13.5. The van der Waals surface area contributed by atoms with Crippen LogP contribution in [0.4, 0.5) is 11.4 Å². The summed E-state index contributed by atoms with van der Waals surface area (Å²) < 4.78 is 10.8. The molecular formula is C30H28N2O6. The predicted octanol–water partition coefficient (Wildman–Crippen LogP) is 3.52. The second kappa shape index (κ2) is 8.28. The molecule has 7 atom stereocenters. The van der Waals surface area contributed by atoms with E-state index in [1.807, 2.05) is 6.92 Å². The topological polar surface area (TPSA) is 93.2 Å². The van der Waals surface area contributed by atoms with E-state index in [0.29, 0.717) is 40.3 Å². The minimum Gasteiger partial charge on any atom is -0.497 e. The van der Waals surface area contributed by atoms with Gasteiger partial charge in [-0.05, 0) is 85.0 Å². The molecule has 4 aliphatic carbocycles. The van der Waals surface area contributed by atoms with E-state index in [0.717, 1.165) is 6.42 Å². The number of esters is 1. The number of imide groups is 1. The van der Waals surface area contributed by atoms with Crippen LogP contribution in [0, 0.1) is 48.3 Å². The second-order valence-electron chi connectivity index (χ2n) is 11.1. The van der Waals surface area contributed by atoms with E-state index >= 15 is 0 Å². The van der Waals surface area contributed by atoms with Gasteiger partial charge in [0.05, 0.1) is 30.6 Å². The molecule has 2 saturated carbocycles. The molecule has 0 N–H and O–H groups in total. The van der Waals surface area contributed by atoms with Crippen LogP contribution in [0.15, 0.2) is 54.6 Å². The summed E-state index contributed by atoms with van der Waals surface area (Å²) in [5, 5.41) is 0. The van der Waals surface area contributed by atoms with Gasteiger partial charge in [-0.25, -0.2) is 4.90 Å². The molecule has 2 heterocycles. The van der Waals surface area contributed by atoms with Gasteiger partial charge in [0.1, 0.15) is 11.5 Å². The van der Waals surface area contributed by atoms with Crippen molar-refractivity contribution in [2.75, 3.05) is 23.5 Å². The van der Waals surface area contributed by atoms with Crippen LogP contribution in [0.1, 0.15) is 18.4 Å². The Kier molecular flexibility index (Phi) is 5.05. The number of methoxy groups -OCH3 is 1. The van der Waals surface area contributed by atoms with Crippen LogP contribution in [0.3, 0.4) is 0 Å². The number of aryl methyl sites for hydroxylation is 1. The first kappa shape index (κ1) is 23.2. The van der Waals surface area contributed by atoms with Crippen molar-refractivity contribution in [2.24, 2.45) is 41.4 Å². The molecule has 8 heteroatoms. The van der Waals surface area contributed by atoms with Crippen LogP contribution in [0.25, 0.3) is 0 Å². The van der Waals surface area contributed by atoms with Gasteiger partial charge < -0.3 is 14.4 Å². The molecule has 0 aromatic heterocycles. The summed E-state index contributed by atoms with van der Waals surface area (Å²) in [6, 6.07) is 12.1. The van der Waals surface area contributed by atoms with Gasteiger partial charge in [-0.2, -0.15) is 0 Å². The molecule has 2 aliphatic heterocycles. The Bertz CT molecular complexity index is 1380. The summed E-state index contributed by atoms with van der Waals surface area (Å²) in [4.78, 5) is 55.4. The number of benzene rings is 2. The highest BCUT2D eigenvalue weighted by Crippen LogP contribution is 2.65. The first-order valence-corrected chi connectivity index (χ1v) is 13.2. The Morgan fingerprint density at radius 1 is 0.895 bits per heavy atom. The Morgan fingerprint density at radius 3 is 2.13 bits per heavy atom. The number of hydrogen-bond acceptors (Lipinski definition) is 6. The van der Waals surface area contributed by atoms with E-state index in [4.69, 9.17) is 9.47 Å². The number of allylic oxidation sites excluding steroid dienone is 2. The van der Waals surface area contributed by atoms with Gasteiger partial charge >= 0.3 is 5.97 Å². The average molecular weight is 513 g/mol. The number of amides is 3. The summed E-state index contributed by atoms with van der Waals surface area (Å²) in [5.41, 5.74) is 1.93. The van der Waals surface area contributed by atoms with E-state index in [1.54, 1.807) is 54.5 Å². The van der Waals surface area contributed by atoms with Gasteiger partial charge in [0, 0.05) is 18.7 Å². The molecule has 194 valence electrons. The van der Waals surface area contributed by atoms with Crippen molar-refractivity contribution in [3.63, 3.8) is 0 Å². The van der Waals surface area contributed by atoms with Crippen molar-refractivity contribution < 1.29 is 28.7 Å². The number of carbonyl (C=O) groups excluding carboxylic acids is 4. The fourth-order valence-electron chi connectivity index (χ4n) is 7.21. The van der Waals surface area contributed by atoms with Crippen molar-refractivity contribution in [2.45, 2.75) is 19.8 Å². The maximum Gasteiger partial charge on any atom is 0.316 e. The molecule has 0 spiro atoms. The van der Waals surface area contributed by atoms with Crippen molar-refractivity contribution in [1.29, 1.82) is 0 Å². The standard InChI is InChI=1S/C30H28N2O6/c1-15-11-19(38-30(36)16-12-25(33)31(14-16)17-3-5-18(37-2)6-4-17)7-10-24(15)32-28(34)26-20-8-9-21(23-13-22(20)23)27(26)29(32)35/h3-11,16,20-23,26-27H,12-14H2,1-2H3/t16-,20+,21+,22+,23+,26-,27+/m1/s1. The van der Waals surface area contributed by atoms with Crippen molar-refractivity contribution in [3.8, 4) is 11.5 Å². The monoisotopic (exact) mass is 512 g/mol. The number of nitrogens with zero attached hydrogens (tertiary/aromatic N) is 2. The zero-order valence-electron chi connectivity index (χ0n) is 21.2. The summed E-state index contributed by atoms with van der Waals surface area (Å²) in [6.07, 6.45) is 5.51. The Morgan fingerprint density at radius 2 is 1.53 bits per heavy atom. The predicted molar refractivity (Wildman–Crippen MR) is 137 cm³/mol. The lowest BCUT2D eigenvalue weighted by molar-refractivity contribution is -0.139. The van der Waals surface area contributed by atoms with Crippen LogP contribution in [0.5, 0.6) is 11.5 Å². The molecule has 2 saturated heterocycles. The summed E-state index contributed by atoms with van der Waals surface area (Å²) >= 11 is 0. The quantitative estimate of drug-likeness (QED) is 0.263. The first-order chi connectivity index (χ1) is 18.4. The van der Waals surface area contributed by atoms with Crippen LogP contribution >= 0.6 is 0 Å². The highest BCUT2D eigenvalue weighted by molar-refractivity contribution is 6.23. The minimum absolute atomic E-state index is 0.0693. The van der Waals surface area contributed by atoms with Crippen LogP contribution in [-0.4, -0.2) is 37.3 Å². The number of anilines is 2. The van der Waals surface area contributed by atoms with Crippen molar-refractivity contribution >= 4 is 35.1 Å². The molecule has 0 radical (unpaired) electrons. The summed E-state index contributed by atoms with van der Waals surface area (Å²) in [6.45, 7) is 2.04. The molecule has 2 aromatic rings. The highest BCUT2D eigenvalue weighted by atomic mass is 16.5. The van der Waals surface area contributed by atoms with Gasteiger partial charge in [-0.1, -0.05) is 12.2 Å². The molecule has 6 aliphatic rings. The van der Waals surface area contributed by atoms with Gasteiger partial charge in [0.25, 0.3) is 0 Å². The van der Waals surface area contributed by atoms with E-state index in [9.17, 15) is 19.2 Å².